The summed E-state index contributed by atoms with van der Waals surface area (Å²) in [7, 11) is 0. The molecule has 0 saturated heterocycles. The van der Waals surface area contributed by atoms with Crippen LogP contribution in [-0.4, -0.2) is 9.97 Å². The van der Waals surface area contributed by atoms with Crippen molar-refractivity contribution in [1.29, 1.82) is 0 Å². The molecule has 0 saturated carbocycles. The van der Waals surface area contributed by atoms with Crippen molar-refractivity contribution < 1.29 is 32.7 Å². The van der Waals surface area contributed by atoms with Crippen LogP contribution in [0, 0.1) is 25.8 Å². The molecule has 4 heteroatoms. The van der Waals surface area contributed by atoms with Crippen LogP contribution < -0.4 is 0 Å². The molecule has 0 unspecified atom stereocenters. The van der Waals surface area contributed by atoms with Crippen molar-refractivity contribution in [3.63, 3.8) is 0 Å². The summed E-state index contributed by atoms with van der Waals surface area (Å²) in [6.07, 6.45) is 3.19. The Morgan fingerprint density at radius 1 is 0.680 bits per heavy atom. The van der Waals surface area contributed by atoms with Crippen LogP contribution in [-0.2, 0) is 25.5 Å². The second kappa shape index (κ2) is 14.8. The molecule has 3 nitrogen and oxygen atoms in total. The van der Waals surface area contributed by atoms with Gasteiger partial charge in [0.15, 0.2) is 0 Å². The van der Waals surface area contributed by atoms with Gasteiger partial charge >= 0.3 is 0 Å². The normalized spacial score (nSPS) is 13.4. The average Bonchev–Trinajstić information content (AvgIpc) is 3.56. The van der Waals surface area contributed by atoms with E-state index in [0.717, 1.165) is 44.3 Å². The summed E-state index contributed by atoms with van der Waals surface area (Å²) in [5, 5.41) is 2.21. The summed E-state index contributed by atoms with van der Waals surface area (Å²) in [6, 6.07) is 46.9. The van der Waals surface area contributed by atoms with Crippen LogP contribution in [0.5, 0.6) is 0 Å². The number of aryl methyl sites for hydroxylation is 2. The predicted molar refractivity (Wildman–Crippen MR) is 203 cm³/mol. The topological polar surface area (TPSA) is 38.9 Å². The minimum Gasteiger partial charge on any atom is -0.501 e. The van der Waals surface area contributed by atoms with Gasteiger partial charge in [0.2, 0.25) is 0 Å². The van der Waals surface area contributed by atoms with Gasteiger partial charge in [0.25, 0.3) is 0 Å². The zero-order valence-corrected chi connectivity index (χ0v) is 30.3. The van der Waals surface area contributed by atoms with Crippen LogP contribution in [0.25, 0.3) is 66.7 Å². The Morgan fingerprint density at radius 3 is 2.16 bits per heavy atom. The molecule has 1 radical (unpaired) electrons. The molecule has 0 amide bonds. The molecule has 3 heterocycles. The number of fused-ring (bicyclic) bond motifs is 3. The van der Waals surface area contributed by atoms with Crippen molar-refractivity contribution in [2.24, 2.45) is 0 Å². The van der Waals surface area contributed by atoms with E-state index < -0.39 is 13.7 Å². The van der Waals surface area contributed by atoms with Gasteiger partial charge in [-0.2, -0.15) is 0 Å². The van der Waals surface area contributed by atoms with Gasteiger partial charge in [-0.25, -0.2) is 0 Å². The van der Waals surface area contributed by atoms with Crippen LogP contribution in [0.15, 0.2) is 144 Å². The van der Waals surface area contributed by atoms with Crippen molar-refractivity contribution >= 4 is 21.9 Å². The van der Waals surface area contributed by atoms with E-state index in [2.05, 4.69) is 104 Å². The molecule has 0 aliphatic carbocycles. The maximum absolute atomic E-state index is 7.77. The van der Waals surface area contributed by atoms with E-state index in [0.29, 0.717) is 16.8 Å². The Kier molecular flexibility index (Phi) is 8.16. The zero-order chi connectivity index (χ0) is 39.0. The number of pyridine rings is 2. The van der Waals surface area contributed by atoms with E-state index in [1.807, 2.05) is 48.7 Å². The Bertz CT molecular complexity index is 2590. The fourth-order valence-electron chi connectivity index (χ4n) is 5.82. The zero-order valence-electron chi connectivity index (χ0n) is 33.9. The van der Waals surface area contributed by atoms with Gasteiger partial charge in [0, 0.05) is 46.1 Å². The SMILES string of the molecule is CC(C)(C)c1ccnc(-c2[c-]ccc3c2oc2cc(-c4ccccc4)ccc23)c1.[2H]C([2H])([2H])c1ccc(-c2[c-]cc(C([2H])([2H])[2H])c(-c3ccccc3)c2)nc1.[Ir]. The van der Waals surface area contributed by atoms with Crippen molar-refractivity contribution in [2.75, 3.05) is 0 Å². The molecule has 3 aromatic heterocycles. The summed E-state index contributed by atoms with van der Waals surface area (Å²) in [5.74, 6) is 0. The Morgan fingerprint density at radius 2 is 1.46 bits per heavy atom. The smallest absolute Gasteiger partial charge is 0.121 e. The first-order valence-electron chi connectivity index (χ1n) is 19.1. The monoisotopic (exact) mass is 833 g/mol. The molecule has 0 fully saturated rings. The Balaban J connectivity index is 0.000000188. The molecular formula is C46H38IrN2O-2. The van der Waals surface area contributed by atoms with Crippen LogP contribution >= 0.6 is 0 Å². The number of benzene rings is 5. The summed E-state index contributed by atoms with van der Waals surface area (Å²) in [4.78, 5) is 8.83. The molecule has 8 rings (SSSR count). The third kappa shape index (κ3) is 7.38. The van der Waals surface area contributed by atoms with Crippen LogP contribution in [0.1, 0.15) is 45.7 Å². The Hall–Kier alpha value is -5.15. The van der Waals surface area contributed by atoms with Gasteiger partial charge in [-0.1, -0.05) is 135 Å². The van der Waals surface area contributed by atoms with E-state index >= 15 is 0 Å². The van der Waals surface area contributed by atoms with E-state index in [9.17, 15) is 0 Å². The minimum atomic E-state index is -2.27. The third-order valence-corrected chi connectivity index (χ3v) is 8.50. The van der Waals surface area contributed by atoms with Crippen molar-refractivity contribution in [3.05, 3.63) is 169 Å². The standard InChI is InChI=1S/C27H22NO.C19H16N.Ir/c1-27(2,3)20-14-15-28-24(17-20)23-11-7-10-22-21-13-12-19(16-25(21)29-26(22)23)18-8-5-4-6-9-18;1-14-8-11-19(20-13-14)17-10-9-15(2)18(12-17)16-6-4-3-5-7-16;/h4-10,12-17H,1-3H3;3-9,11-13H,1-2H3;/q2*-1;/i;1D3,2D3;. The molecule has 0 aliphatic heterocycles. The molecule has 0 spiro atoms. The minimum absolute atomic E-state index is 0. The first-order valence-corrected chi connectivity index (χ1v) is 16.1. The van der Waals surface area contributed by atoms with E-state index in [1.165, 1.54) is 29.5 Å². The predicted octanol–water partition coefficient (Wildman–Crippen LogP) is 12.2. The fraction of sp³-hybridized carbons (Fsp3) is 0.130. The molecule has 0 aliphatic rings. The van der Waals surface area contributed by atoms with E-state index in [4.69, 9.17) is 12.6 Å². The summed E-state index contributed by atoms with van der Waals surface area (Å²) >= 11 is 0. The molecular weight excluding hydrogens is 789 g/mol. The molecule has 0 atom stereocenters. The first kappa shape index (κ1) is 27.6. The molecule has 8 aromatic rings. The van der Waals surface area contributed by atoms with Crippen LogP contribution in [0.4, 0.5) is 0 Å². The van der Waals surface area contributed by atoms with E-state index in [-0.39, 0.29) is 36.6 Å². The second-order valence-corrected chi connectivity index (χ2v) is 12.9. The molecule has 50 heavy (non-hydrogen) atoms. The summed E-state index contributed by atoms with van der Waals surface area (Å²) < 4.78 is 51.9. The summed E-state index contributed by atoms with van der Waals surface area (Å²) in [6.45, 7) is 2.16. The fourth-order valence-corrected chi connectivity index (χ4v) is 5.82. The van der Waals surface area contributed by atoms with Gasteiger partial charge in [-0.05, 0) is 63.6 Å². The Labute approximate surface area is 316 Å². The quantitative estimate of drug-likeness (QED) is 0.166. The van der Waals surface area contributed by atoms with Gasteiger partial charge in [-0.3, -0.25) is 0 Å². The van der Waals surface area contributed by atoms with Gasteiger partial charge in [0.05, 0.1) is 5.58 Å². The molecule has 5 aromatic carbocycles. The number of rotatable bonds is 4. The maximum Gasteiger partial charge on any atom is 0.121 e. The van der Waals surface area contributed by atoms with Gasteiger partial charge in [0.1, 0.15) is 5.58 Å². The van der Waals surface area contributed by atoms with Crippen molar-refractivity contribution in [2.45, 2.75) is 39.9 Å². The van der Waals surface area contributed by atoms with Gasteiger partial charge < -0.3 is 14.4 Å². The maximum atomic E-state index is 7.77. The van der Waals surface area contributed by atoms with Crippen LogP contribution in [0.3, 0.4) is 0 Å². The number of hydrogen-bond acceptors (Lipinski definition) is 3. The number of nitrogens with zero attached hydrogens (tertiary/aromatic N) is 2. The first-order chi connectivity index (χ1) is 26.2. The number of aromatic nitrogens is 2. The molecule has 0 bridgehead atoms. The van der Waals surface area contributed by atoms with Gasteiger partial charge in [-0.15, -0.1) is 47.5 Å². The number of hydrogen-bond donors (Lipinski definition) is 0. The molecule has 249 valence electrons. The largest absolute Gasteiger partial charge is 0.501 e. The summed E-state index contributed by atoms with van der Waals surface area (Å²) in [5.41, 5.74) is 10.0. The molecule has 0 N–H and O–H groups in total. The van der Waals surface area contributed by atoms with Crippen molar-refractivity contribution in [3.8, 4) is 44.8 Å². The average molecular weight is 833 g/mol. The van der Waals surface area contributed by atoms with Crippen molar-refractivity contribution in [1.82, 2.24) is 9.97 Å². The van der Waals surface area contributed by atoms with Crippen LogP contribution in [0.2, 0.25) is 0 Å². The second-order valence-electron chi connectivity index (χ2n) is 12.9. The van der Waals surface area contributed by atoms with E-state index in [1.54, 1.807) is 12.1 Å². The number of furan rings is 1. The third-order valence-electron chi connectivity index (χ3n) is 8.50.